The van der Waals surface area contributed by atoms with Crippen molar-refractivity contribution in [2.24, 2.45) is 0 Å². The van der Waals surface area contributed by atoms with Gasteiger partial charge in [-0.15, -0.1) is 0 Å². The van der Waals surface area contributed by atoms with Crippen molar-refractivity contribution in [3.05, 3.63) is 56.7 Å². The summed E-state index contributed by atoms with van der Waals surface area (Å²) in [5, 5.41) is 11.4. The third kappa shape index (κ3) is 2.50. The summed E-state index contributed by atoms with van der Waals surface area (Å²) >= 11 is 5.80. The Bertz CT molecular complexity index is 720. The number of halogens is 1. The van der Waals surface area contributed by atoms with E-state index in [1.807, 2.05) is 23.1 Å². The molecule has 1 aliphatic heterocycles. The Morgan fingerprint density at radius 1 is 1.43 bits per heavy atom. The number of hydrogen-bond acceptors (Lipinski definition) is 5. The molecule has 108 valence electrons. The first-order valence-electron chi connectivity index (χ1n) is 6.47. The van der Waals surface area contributed by atoms with Crippen LogP contribution in [0.1, 0.15) is 11.1 Å². The van der Waals surface area contributed by atoms with E-state index in [1.54, 1.807) is 0 Å². The fraction of sp³-hybridized carbons (Fsp3) is 0.214. The van der Waals surface area contributed by atoms with Gasteiger partial charge in [0, 0.05) is 31.0 Å². The minimum Gasteiger partial charge on any atom is -0.398 e. The maximum absolute atomic E-state index is 11.2. The molecule has 6 nitrogen and oxygen atoms in total. The molecule has 2 heterocycles. The van der Waals surface area contributed by atoms with Gasteiger partial charge < -0.3 is 10.6 Å². The van der Waals surface area contributed by atoms with E-state index < -0.39 is 4.92 Å². The lowest BCUT2D eigenvalue weighted by Crippen LogP contribution is -2.32. The SMILES string of the molecule is Nc1cccc2c1CCN(c1ncc(Cl)cc1[N+](=O)[O-])C2. The highest BCUT2D eigenvalue weighted by Crippen LogP contribution is 2.33. The van der Waals surface area contributed by atoms with Crippen molar-refractivity contribution >= 4 is 28.8 Å². The molecular formula is C14H13ClN4O2. The molecule has 2 aromatic rings. The van der Waals surface area contributed by atoms with Gasteiger partial charge in [0.1, 0.15) is 0 Å². The molecule has 0 bridgehead atoms. The molecule has 0 amide bonds. The highest BCUT2D eigenvalue weighted by Gasteiger charge is 2.25. The Hall–Kier alpha value is -2.34. The molecule has 0 fully saturated rings. The maximum Gasteiger partial charge on any atom is 0.313 e. The molecule has 1 aromatic carbocycles. The number of nitrogens with two attached hydrogens (primary N) is 1. The van der Waals surface area contributed by atoms with Gasteiger partial charge in [0.05, 0.1) is 9.95 Å². The first-order chi connectivity index (χ1) is 10.1. The first-order valence-corrected chi connectivity index (χ1v) is 6.85. The third-order valence-corrected chi connectivity index (χ3v) is 3.82. The van der Waals surface area contributed by atoms with Gasteiger partial charge >= 0.3 is 5.69 Å². The van der Waals surface area contributed by atoms with Crippen LogP contribution < -0.4 is 10.6 Å². The summed E-state index contributed by atoms with van der Waals surface area (Å²) in [4.78, 5) is 16.7. The summed E-state index contributed by atoms with van der Waals surface area (Å²) in [6.07, 6.45) is 2.17. The van der Waals surface area contributed by atoms with Crippen LogP contribution in [0.5, 0.6) is 0 Å². The number of benzene rings is 1. The number of pyridine rings is 1. The molecular weight excluding hydrogens is 292 g/mol. The summed E-state index contributed by atoms with van der Waals surface area (Å²) < 4.78 is 0. The van der Waals surface area contributed by atoms with Crippen LogP contribution in [0.2, 0.25) is 5.02 Å². The molecule has 3 rings (SSSR count). The second-order valence-electron chi connectivity index (χ2n) is 4.91. The number of fused-ring (bicyclic) bond motifs is 1. The van der Waals surface area contributed by atoms with Crippen molar-refractivity contribution in [2.75, 3.05) is 17.2 Å². The van der Waals surface area contributed by atoms with Crippen molar-refractivity contribution in [3.8, 4) is 0 Å². The number of nitro groups is 1. The van der Waals surface area contributed by atoms with E-state index in [-0.39, 0.29) is 10.7 Å². The summed E-state index contributed by atoms with van der Waals surface area (Å²) in [6, 6.07) is 7.08. The van der Waals surface area contributed by atoms with Crippen LogP contribution in [0.15, 0.2) is 30.5 Å². The molecule has 7 heteroatoms. The summed E-state index contributed by atoms with van der Waals surface area (Å²) in [7, 11) is 0. The molecule has 0 unspecified atom stereocenters. The molecule has 0 atom stereocenters. The highest BCUT2D eigenvalue weighted by atomic mass is 35.5. The van der Waals surface area contributed by atoms with E-state index in [9.17, 15) is 10.1 Å². The van der Waals surface area contributed by atoms with Gasteiger partial charge in [-0.25, -0.2) is 4.98 Å². The normalized spacial score (nSPS) is 13.9. The lowest BCUT2D eigenvalue weighted by atomic mass is 9.98. The van der Waals surface area contributed by atoms with E-state index in [0.29, 0.717) is 18.9 Å². The molecule has 1 aromatic heterocycles. The summed E-state index contributed by atoms with van der Waals surface area (Å²) in [6.45, 7) is 1.19. The third-order valence-electron chi connectivity index (χ3n) is 3.61. The van der Waals surface area contributed by atoms with Crippen molar-refractivity contribution in [3.63, 3.8) is 0 Å². The molecule has 0 spiro atoms. The second-order valence-corrected chi connectivity index (χ2v) is 5.35. The van der Waals surface area contributed by atoms with E-state index in [0.717, 1.165) is 23.2 Å². The van der Waals surface area contributed by atoms with Crippen molar-refractivity contribution in [1.29, 1.82) is 0 Å². The maximum atomic E-state index is 11.2. The smallest absolute Gasteiger partial charge is 0.313 e. The van der Waals surface area contributed by atoms with Gasteiger partial charge in [0.15, 0.2) is 0 Å². The van der Waals surface area contributed by atoms with E-state index in [2.05, 4.69) is 4.98 Å². The minimum absolute atomic E-state index is 0.0742. The minimum atomic E-state index is -0.455. The van der Waals surface area contributed by atoms with E-state index in [4.69, 9.17) is 17.3 Å². The quantitative estimate of drug-likeness (QED) is 0.524. The van der Waals surface area contributed by atoms with Crippen LogP contribution in [0.3, 0.4) is 0 Å². The lowest BCUT2D eigenvalue weighted by molar-refractivity contribution is -0.384. The van der Waals surface area contributed by atoms with Crippen LogP contribution in [-0.4, -0.2) is 16.5 Å². The van der Waals surface area contributed by atoms with Crippen LogP contribution in [-0.2, 0) is 13.0 Å². The van der Waals surface area contributed by atoms with Gasteiger partial charge in [-0.2, -0.15) is 0 Å². The molecule has 0 saturated carbocycles. The monoisotopic (exact) mass is 304 g/mol. The number of nitrogens with zero attached hydrogens (tertiary/aromatic N) is 3. The molecule has 0 saturated heterocycles. The Morgan fingerprint density at radius 3 is 3.00 bits per heavy atom. The van der Waals surface area contributed by atoms with Gasteiger partial charge in [-0.3, -0.25) is 10.1 Å². The largest absolute Gasteiger partial charge is 0.398 e. The predicted octanol–water partition coefficient (Wildman–Crippen LogP) is 2.79. The number of rotatable bonds is 2. The predicted molar refractivity (Wildman–Crippen MR) is 81.5 cm³/mol. The Kier molecular flexibility index (Phi) is 3.39. The summed E-state index contributed by atoms with van der Waals surface area (Å²) in [5.41, 5.74) is 8.85. The van der Waals surface area contributed by atoms with Gasteiger partial charge in [0.25, 0.3) is 0 Å². The molecule has 21 heavy (non-hydrogen) atoms. The van der Waals surface area contributed by atoms with Crippen molar-refractivity contribution in [2.45, 2.75) is 13.0 Å². The molecule has 0 radical (unpaired) electrons. The number of hydrogen-bond donors (Lipinski definition) is 1. The zero-order valence-electron chi connectivity index (χ0n) is 11.1. The van der Waals surface area contributed by atoms with Crippen molar-refractivity contribution < 1.29 is 4.92 Å². The van der Waals surface area contributed by atoms with E-state index in [1.165, 1.54) is 12.3 Å². The molecule has 2 N–H and O–H groups in total. The number of nitrogen functional groups attached to an aromatic ring is 1. The average Bonchev–Trinajstić information content (AvgIpc) is 2.47. The highest BCUT2D eigenvalue weighted by molar-refractivity contribution is 6.30. The zero-order valence-corrected chi connectivity index (χ0v) is 11.9. The fourth-order valence-corrected chi connectivity index (χ4v) is 2.77. The van der Waals surface area contributed by atoms with Gasteiger partial charge in [-0.05, 0) is 23.6 Å². The average molecular weight is 305 g/mol. The van der Waals surface area contributed by atoms with Crippen LogP contribution in [0, 0.1) is 10.1 Å². The van der Waals surface area contributed by atoms with Crippen LogP contribution in [0.25, 0.3) is 0 Å². The standard InChI is InChI=1S/C14H13ClN4O2/c15-10-6-13(19(20)21)14(17-7-10)18-5-4-11-9(8-18)2-1-3-12(11)16/h1-3,6-7H,4-5,8,16H2. The first kappa shape index (κ1) is 13.6. The Morgan fingerprint density at radius 2 is 2.24 bits per heavy atom. The van der Waals surface area contributed by atoms with Crippen molar-refractivity contribution in [1.82, 2.24) is 4.98 Å². The lowest BCUT2D eigenvalue weighted by Gasteiger charge is -2.30. The zero-order chi connectivity index (χ0) is 15.0. The Balaban J connectivity index is 1.99. The number of aromatic nitrogens is 1. The van der Waals surface area contributed by atoms with Gasteiger partial charge in [-0.1, -0.05) is 23.7 Å². The Labute approximate surface area is 126 Å². The number of anilines is 2. The van der Waals surface area contributed by atoms with Gasteiger partial charge in [0.2, 0.25) is 5.82 Å². The molecule has 0 aliphatic carbocycles. The molecule has 1 aliphatic rings. The van der Waals surface area contributed by atoms with Crippen LogP contribution >= 0.6 is 11.6 Å². The van der Waals surface area contributed by atoms with Crippen LogP contribution in [0.4, 0.5) is 17.2 Å². The fourth-order valence-electron chi connectivity index (χ4n) is 2.62. The van der Waals surface area contributed by atoms with E-state index >= 15 is 0 Å². The second kappa shape index (κ2) is 5.21. The summed E-state index contributed by atoms with van der Waals surface area (Å²) in [5.74, 6) is 0.345. The topological polar surface area (TPSA) is 85.3 Å².